The highest BCUT2D eigenvalue weighted by Gasteiger charge is 2.51. The van der Waals surface area contributed by atoms with E-state index < -0.39 is 16.8 Å². The Hall–Kier alpha value is -1.73. The third kappa shape index (κ3) is 3.52. The van der Waals surface area contributed by atoms with Gasteiger partial charge in [-0.1, -0.05) is 12.1 Å². The van der Waals surface area contributed by atoms with Crippen LogP contribution in [0.3, 0.4) is 0 Å². The van der Waals surface area contributed by atoms with Gasteiger partial charge in [-0.2, -0.15) is 0 Å². The van der Waals surface area contributed by atoms with Gasteiger partial charge in [-0.05, 0) is 26.0 Å². The Balaban J connectivity index is 2.42. The number of aliphatic hydroxyl groups excluding tert-OH is 1. The highest BCUT2D eigenvalue weighted by Crippen LogP contribution is 2.46. The Bertz CT molecular complexity index is 604. The van der Waals surface area contributed by atoms with Gasteiger partial charge in [-0.3, -0.25) is 9.59 Å². The summed E-state index contributed by atoms with van der Waals surface area (Å²) in [5.41, 5.74) is 0. The topological polar surface area (TPSA) is 76.1 Å². The van der Waals surface area contributed by atoms with Crippen LogP contribution in [0.4, 0.5) is 0 Å². The number of benzene rings is 1. The molecule has 0 bridgehead atoms. The van der Waals surface area contributed by atoms with Crippen LogP contribution in [-0.4, -0.2) is 59.5 Å². The van der Waals surface area contributed by atoms with Crippen LogP contribution in [-0.2, 0) is 14.3 Å². The number of hydrogen-bond donors (Lipinski definition) is 1. The predicted molar refractivity (Wildman–Crippen MR) is 91.1 cm³/mol. The van der Waals surface area contributed by atoms with Crippen molar-refractivity contribution in [1.82, 2.24) is 4.90 Å². The first-order valence-electron chi connectivity index (χ1n) is 7.93. The van der Waals surface area contributed by atoms with Crippen molar-refractivity contribution in [3.63, 3.8) is 0 Å². The summed E-state index contributed by atoms with van der Waals surface area (Å²) in [6.45, 7) is 4.76. The molecule has 1 heterocycles. The van der Waals surface area contributed by atoms with Gasteiger partial charge in [0.2, 0.25) is 5.91 Å². The Morgan fingerprint density at radius 3 is 2.67 bits per heavy atom. The fourth-order valence-corrected chi connectivity index (χ4v) is 4.04. The smallest absolute Gasteiger partial charge is 0.325 e. The van der Waals surface area contributed by atoms with Crippen molar-refractivity contribution in [2.75, 3.05) is 26.8 Å². The quantitative estimate of drug-likeness (QED) is 0.812. The number of fused-ring (bicyclic) bond motifs is 1. The number of rotatable bonds is 5. The molecule has 0 unspecified atom stereocenters. The van der Waals surface area contributed by atoms with Crippen LogP contribution in [0, 0.1) is 0 Å². The molecule has 1 aliphatic rings. The van der Waals surface area contributed by atoms with Gasteiger partial charge in [0.1, 0.15) is 18.5 Å². The van der Waals surface area contributed by atoms with Gasteiger partial charge in [0, 0.05) is 13.1 Å². The molecule has 0 spiro atoms. The molecular weight excluding hydrogens is 330 g/mol. The zero-order chi connectivity index (χ0) is 17.7. The van der Waals surface area contributed by atoms with Crippen LogP contribution in [0.15, 0.2) is 29.2 Å². The number of esters is 1. The second-order valence-corrected chi connectivity index (χ2v) is 6.87. The maximum atomic E-state index is 12.6. The van der Waals surface area contributed by atoms with Crippen LogP contribution in [0.2, 0.25) is 0 Å². The fourth-order valence-electron chi connectivity index (χ4n) is 2.71. The molecule has 2 rings (SSSR count). The number of para-hydroxylation sites is 1. The molecule has 1 amide bonds. The van der Waals surface area contributed by atoms with Crippen LogP contribution >= 0.6 is 11.8 Å². The highest BCUT2D eigenvalue weighted by atomic mass is 32.2. The van der Waals surface area contributed by atoms with Crippen LogP contribution in [0.25, 0.3) is 0 Å². The minimum Gasteiger partial charge on any atom is -0.490 e. The number of methoxy groups -OCH3 is 1. The lowest BCUT2D eigenvalue weighted by atomic mass is 9.96. The molecule has 132 valence electrons. The summed E-state index contributed by atoms with van der Waals surface area (Å²) in [7, 11) is 1.26. The van der Waals surface area contributed by atoms with Gasteiger partial charge < -0.3 is 19.5 Å². The Morgan fingerprint density at radius 1 is 1.38 bits per heavy atom. The first kappa shape index (κ1) is 18.6. The van der Waals surface area contributed by atoms with E-state index in [0.717, 1.165) is 11.8 Å². The maximum absolute atomic E-state index is 12.6. The minimum atomic E-state index is -1.43. The summed E-state index contributed by atoms with van der Waals surface area (Å²) in [6.07, 6.45) is -1.31. The number of amides is 1. The molecule has 1 aliphatic heterocycles. The third-order valence-electron chi connectivity index (χ3n) is 4.14. The molecule has 24 heavy (non-hydrogen) atoms. The zero-order valence-corrected chi connectivity index (χ0v) is 15.0. The van der Waals surface area contributed by atoms with Crippen molar-refractivity contribution in [3.05, 3.63) is 24.3 Å². The Labute approximate surface area is 146 Å². The van der Waals surface area contributed by atoms with Gasteiger partial charge in [-0.25, -0.2) is 0 Å². The largest absolute Gasteiger partial charge is 0.490 e. The van der Waals surface area contributed by atoms with Gasteiger partial charge in [0.15, 0.2) is 4.75 Å². The molecule has 0 aliphatic carbocycles. The molecule has 1 N–H and O–H groups in total. The summed E-state index contributed by atoms with van der Waals surface area (Å²) in [5, 5.41) is 10.6. The van der Waals surface area contributed by atoms with E-state index in [2.05, 4.69) is 0 Å². The van der Waals surface area contributed by atoms with Crippen LogP contribution < -0.4 is 4.74 Å². The summed E-state index contributed by atoms with van der Waals surface area (Å²) < 4.78 is 9.11. The molecule has 0 radical (unpaired) electrons. The van der Waals surface area contributed by atoms with Gasteiger partial charge in [0.25, 0.3) is 0 Å². The van der Waals surface area contributed by atoms with Gasteiger partial charge in [-0.15, -0.1) is 11.8 Å². The number of nitrogens with zero attached hydrogens (tertiary/aromatic N) is 1. The minimum absolute atomic E-state index is 0.0787. The van der Waals surface area contributed by atoms with E-state index in [9.17, 15) is 14.7 Å². The summed E-state index contributed by atoms with van der Waals surface area (Å²) in [5.74, 6) is -0.236. The van der Waals surface area contributed by atoms with Crippen molar-refractivity contribution >= 4 is 23.6 Å². The molecule has 0 aromatic heterocycles. The first-order valence-corrected chi connectivity index (χ1v) is 8.75. The molecule has 0 fully saturated rings. The third-order valence-corrected chi connectivity index (χ3v) is 5.64. The summed E-state index contributed by atoms with van der Waals surface area (Å²) in [6, 6.07) is 7.21. The van der Waals surface area contributed by atoms with E-state index in [0.29, 0.717) is 23.7 Å². The van der Waals surface area contributed by atoms with Crippen LogP contribution in [0.1, 0.15) is 20.3 Å². The monoisotopic (exact) mass is 353 g/mol. The number of thioether (sulfide) groups is 1. The highest BCUT2D eigenvalue weighted by molar-refractivity contribution is 8.01. The number of carbonyl (C=O) groups excluding carboxylic acids is 2. The molecule has 1 aromatic carbocycles. The lowest BCUT2D eigenvalue weighted by molar-refractivity contribution is -0.151. The van der Waals surface area contributed by atoms with Crippen molar-refractivity contribution in [2.45, 2.75) is 36.0 Å². The van der Waals surface area contributed by atoms with Crippen molar-refractivity contribution < 1.29 is 24.2 Å². The summed E-state index contributed by atoms with van der Waals surface area (Å²) >= 11 is 1.14. The lowest BCUT2D eigenvalue weighted by Crippen LogP contribution is -2.52. The van der Waals surface area contributed by atoms with Crippen LogP contribution in [0.5, 0.6) is 5.75 Å². The SMILES string of the molecule is CCN(CC)C(=O)C[C@@]1(C(=O)OC)Sc2ccccc2OC[C@@H]1O. The van der Waals surface area contributed by atoms with E-state index in [1.807, 2.05) is 26.0 Å². The van der Waals surface area contributed by atoms with E-state index in [-0.39, 0.29) is 18.9 Å². The van der Waals surface area contributed by atoms with E-state index in [1.54, 1.807) is 17.0 Å². The molecule has 6 nitrogen and oxygen atoms in total. The molecule has 2 atom stereocenters. The zero-order valence-electron chi connectivity index (χ0n) is 14.2. The van der Waals surface area contributed by atoms with E-state index >= 15 is 0 Å². The predicted octanol–water partition coefficient (Wildman–Crippen LogP) is 1.70. The number of carbonyl (C=O) groups is 2. The molecule has 0 saturated carbocycles. The Kier molecular flexibility index (Phi) is 6.12. The first-order chi connectivity index (χ1) is 11.5. The molecule has 1 aromatic rings. The van der Waals surface area contributed by atoms with E-state index in [4.69, 9.17) is 9.47 Å². The second-order valence-electron chi connectivity index (χ2n) is 5.50. The lowest BCUT2D eigenvalue weighted by Gasteiger charge is -2.33. The molecular formula is C17H23NO5S. The van der Waals surface area contributed by atoms with Crippen molar-refractivity contribution in [3.8, 4) is 5.75 Å². The number of hydrogen-bond acceptors (Lipinski definition) is 6. The van der Waals surface area contributed by atoms with Gasteiger partial charge >= 0.3 is 5.97 Å². The summed E-state index contributed by atoms with van der Waals surface area (Å²) in [4.78, 5) is 27.5. The average Bonchev–Trinajstić information content (AvgIpc) is 2.73. The average molecular weight is 353 g/mol. The van der Waals surface area contributed by atoms with Gasteiger partial charge in [0.05, 0.1) is 18.4 Å². The fraction of sp³-hybridized carbons (Fsp3) is 0.529. The number of aliphatic hydroxyl groups is 1. The number of ether oxygens (including phenoxy) is 2. The second kappa shape index (κ2) is 7.90. The maximum Gasteiger partial charge on any atom is 0.325 e. The normalized spacial score (nSPS) is 22.8. The van der Waals surface area contributed by atoms with Crippen molar-refractivity contribution in [2.24, 2.45) is 0 Å². The van der Waals surface area contributed by atoms with Crippen molar-refractivity contribution in [1.29, 1.82) is 0 Å². The molecule has 7 heteroatoms. The molecule has 0 saturated heterocycles. The Morgan fingerprint density at radius 2 is 2.04 bits per heavy atom. The van der Waals surface area contributed by atoms with E-state index in [1.165, 1.54) is 7.11 Å². The standard InChI is InChI=1S/C17H23NO5S/c1-4-18(5-2)15(20)10-17(16(21)22-3)14(19)11-23-12-8-6-7-9-13(12)24-17/h6-9,14,19H,4-5,10-11H2,1-3H3/t14-,17+/m0/s1.